The van der Waals surface area contributed by atoms with E-state index in [-0.39, 0.29) is 17.7 Å². The zero-order valence-corrected chi connectivity index (χ0v) is 11.8. The molecule has 2 N–H and O–H groups in total. The normalized spacial score (nSPS) is 32.6. The van der Waals surface area contributed by atoms with Crippen LogP contribution in [0.5, 0.6) is 0 Å². The molecule has 2 fully saturated rings. The fraction of sp³-hybridized carbons (Fsp3) is 1.00. The summed E-state index contributed by atoms with van der Waals surface area (Å²) in [5.41, 5.74) is 0. The minimum atomic E-state index is -3.17. The highest BCUT2D eigenvalue weighted by molar-refractivity contribution is 7.89. The smallest absolute Gasteiger partial charge is 0.215 e. The molecule has 0 aromatic rings. The summed E-state index contributed by atoms with van der Waals surface area (Å²) < 4.78 is 26.1. The SMILES string of the molecule is CC(O)C1CCN(S(=O)(=O)CC2CCCCN2)C1. The first-order valence-electron chi connectivity index (χ1n) is 6.88. The second-order valence-electron chi connectivity index (χ2n) is 5.57. The topological polar surface area (TPSA) is 69.6 Å². The Kier molecular flexibility index (Phi) is 4.64. The van der Waals surface area contributed by atoms with E-state index < -0.39 is 16.1 Å². The van der Waals surface area contributed by atoms with E-state index in [1.54, 1.807) is 11.2 Å². The molecule has 0 amide bonds. The fourth-order valence-corrected chi connectivity index (χ4v) is 4.63. The third kappa shape index (κ3) is 3.44. The second-order valence-corrected chi connectivity index (χ2v) is 7.59. The van der Waals surface area contributed by atoms with Crippen LogP contribution in [0.2, 0.25) is 0 Å². The largest absolute Gasteiger partial charge is 0.393 e. The Morgan fingerprint density at radius 3 is 2.72 bits per heavy atom. The van der Waals surface area contributed by atoms with Crippen LogP contribution in [0.1, 0.15) is 32.6 Å². The van der Waals surface area contributed by atoms with Crippen molar-refractivity contribution in [3.8, 4) is 0 Å². The molecular formula is C12H24N2O3S. The van der Waals surface area contributed by atoms with Crippen molar-refractivity contribution < 1.29 is 13.5 Å². The average Bonchev–Trinajstić information content (AvgIpc) is 2.79. The lowest BCUT2D eigenvalue weighted by Gasteiger charge is -2.26. The Balaban J connectivity index is 1.90. The number of nitrogens with one attached hydrogen (secondary N) is 1. The van der Waals surface area contributed by atoms with Crippen molar-refractivity contribution in [2.45, 2.75) is 44.8 Å². The van der Waals surface area contributed by atoms with Crippen LogP contribution in [0.3, 0.4) is 0 Å². The summed E-state index contributed by atoms with van der Waals surface area (Å²) in [5.74, 6) is 0.304. The van der Waals surface area contributed by atoms with E-state index >= 15 is 0 Å². The van der Waals surface area contributed by atoms with E-state index in [4.69, 9.17) is 0 Å². The van der Waals surface area contributed by atoms with Crippen LogP contribution in [-0.2, 0) is 10.0 Å². The predicted octanol–water partition coefficient (Wildman–Crippen LogP) is 0.161. The molecular weight excluding hydrogens is 252 g/mol. The van der Waals surface area contributed by atoms with Crippen molar-refractivity contribution in [2.75, 3.05) is 25.4 Å². The molecule has 0 saturated carbocycles. The molecule has 0 radical (unpaired) electrons. The number of sulfonamides is 1. The van der Waals surface area contributed by atoms with Crippen LogP contribution in [0.15, 0.2) is 0 Å². The van der Waals surface area contributed by atoms with Crippen molar-refractivity contribution in [3.05, 3.63) is 0 Å². The van der Waals surface area contributed by atoms with Gasteiger partial charge in [0.2, 0.25) is 10.0 Å². The van der Waals surface area contributed by atoms with Crippen molar-refractivity contribution in [2.24, 2.45) is 5.92 Å². The fourth-order valence-electron chi connectivity index (χ4n) is 2.83. The highest BCUT2D eigenvalue weighted by Gasteiger charge is 2.34. The molecule has 0 bridgehead atoms. The second kappa shape index (κ2) is 5.86. The highest BCUT2D eigenvalue weighted by atomic mass is 32.2. The third-order valence-corrected chi connectivity index (χ3v) is 6.03. The van der Waals surface area contributed by atoms with Crippen LogP contribution in [0, 0.1) is 5.92 Å². The number of aliphatic hydroxyl groups is 1. The number of hydrogen-bond acceptors (Lipinski definition) is 4. The molecule has 2 rings (SSSR count). The van der Waals surface area contributed by atoms with Gasteiger partial charge in [0, 0.05) is 19.1 Å². The lowest BCUT2D eigenvalue weighted by molar-refractivity contribution is 0.133. The van der Waals surface area contributed by atoms with Crippen LogP contribution < -0.4 is 5.32 Å². The van der Waals surface area contributed by atoms with Gasteiger partial charge in [-0.25, -0.2) is 12.7 Å². The molecule has 0 aromatic heterocycles. The van der Waals surface area contributed by atoms with Crippen molar-refractivity contribution >= 4 is 10.0 Å². The Bertz CT molecular complexity index is 364. The van der Waals surface area contributed by atoms with Gasteiger partial charge in [-0.2, -0.15) is 0 Å². The standard InChI is InChI=1S/C12H24N2O3S/c1-10(15)11-5-7-14(8-11)18(16,17)9-12-4-2-3-6-13-12/h10-13,15H,2-9H2,1H3. The molecule has 106 valence electrons. The predicted molar refractivity (Wildman–Crippen MR) is 70.8 cm³/mol. The van der Waals surface area contributed by atoms with E-state index in [1.807, 2.05) is 0 Å². The van der Waals surface area contributed by atoms with Crippen LogP contribution >= 0.6 is 0 Å². The van der Waals surface area contributed by atoms with Gasteiger partial charge in [0.25, 0.3) is 0 Å². The molecule has 3 atom stereocenters. The summed E-state index contributed by atoms with van der Waals surface area (Å²) in [4.78, 5) is 0. The van der Waals surface area contributed by atoms with E-state index in [0.29, 0.717) is 13.1 Å². The Labute approximate surface area is 110 Å². The van der Waals surface area contributed by atoms with Crippen LogP contribution in [0.4, 0.5) is 0 Å². The molecule has 2 aliphatic heterocycles. The monoisotopic (exact) mass is 276 g/mol. The Morgan fingerprint density at radius 2 is 2.17 bits per heavy atom. The van der Waals surface area contributed by atoms with Gasteiger partial charge in [-0.1, -0.05) is 6.42 Å². The maximum absolute atomic E-state index is 12.3. The van der Waals surface area contributed by atoms with Gasteiger partial charge in [-0.3, -0.25) is 0 Å². The van der Waals surface area contributed by atoms with Gasteiger partial charge in [0.05, 0.1) is 11.9 Å². The maximum Gasteiger partial charge on any atom is 0.215 e. The van der Waals surface area contributed by atoms with Crippen molar-refractivity contribution in [3.63, 3.8) is 0 Å². The summed E-state index contributed by atoms with van der Waals surface area (Å²) in [7, 11) is -3.17. The van der Waals surface area contributed by atoms with Crippen LogP contribution in [0.25, 0.3) is 0 Å². The molecule has 18 heavy (non-hydrogen) atoms. The van der Waals surface area contributed by atoms with E-state index in [0.717, 1.165) is 32.2 Å². The Morgan fingerprint density at radius 1 is 1.39 bits per heavy atom. The lowest BCUT2D eigenvalue weighted by Crippen LogP contribution is -2.43. The minimum absolute atomic E-state index is 0.0964. The summed E-state index contributed by atoms with van der Waals surface area (Å²) >= 11 is 0. The van der Waals surface area contributed by atoms with E-state index in [1.165, 1.54) is 0 Å². The number of aliphatic hydroxyl groups excluding tert-OH is 1. The van der Waals surface area contributed by atoms with Gasteiger partial charge in [-0.15, -0.1) is 0 Å². The molecule has 2 saturated heterocycles. The summed E-state index contributed by atoms with van der Waals surface area (Å²) in [6.07, 6.45) is 3.56. The first kappa shape index (κ1) is 14.2. The summed E-state index contributed by atoms with van der Waals surface area (Å²) in [5, 5.41) is 12.8. The molecule has 2 aliphatic rings. The number of rotatable bonds is 4. The molecule has 5 nitrogen and oxygen atoms in total. The number of hydrogen-bond donors (Lipinski definition) is 2. The molecule has 2 heterocycles. The first-order chi connectivity index (χ1) is 8.49. The lowest BCUT2D eigenvalue weighted by atomic mass is 10.0. The van der Waals surface area contributed by atoms with Crippen LogP contribution in [-0.4, -0.2) is 55.4 Å². The summed E-state index contributed by atoms with van der Waals surface area (Å²) in [6.45, 7) is 3.71. The first-order valence-corrected chi connectivity index (χ1v) is 8.49. The molecule has 3 unspecified atom stereocenters. The van der Waals surface area contributed by atoms with Gasteiger partial charge in [-0.05, 0) is 38.6 Å². The zero-order valence-electron chi connectivity index (χ0n) is 11.0. The van der Waals surface area contributed by atoms with Gasteiger partial charge in [0.1, 0.15) is 0 Å². The van der Waals surface area contributed by atoms with Gasteiger partial charge >= 0.3 is 0 Å². The maximum atomic E-state index is 12.3. The Hall–Kier alpha value is -0.170. The van der Waals surface area contributed by atoms with Gasteiger partial charge < -0.3 is 10.4 Å². The number of piperidine rings is 1. The molecule has 0 aliphatic carbocycles. The average molecular weight is 276 g/mol. The van der Waals surface area contributed by atoms with Crippen molar-refractivity contribution in [1.82, 2.24) is 9.62 Å². The quantitative estimate of drug-likeness (QED) is 0.767. The van der Waals surface area contributed by atoms with Gasteiger partial charge in [0.15, 0.2) is 0 Å². The number of nitrogens with zero attached hydrogens (tertiary/aromatic N) is 1. The molecule has 0 spiro atoms. The molecule has 0 aromatic carbocycles. The minimum Gasteiger partial charge on any atom is -0.393 e. The third-order valence-electron chi connectivity index (χ3n) is 4.09. The highest BCUT2D eigenvalue weighted by Crippen LogP contribution is 2.23. The van der Waals surface area contributed by atoms with E-state index in [9.17, 15) is 13.5 Å². The molecule has 6 heteroatoms. The van der Waals surface area contributed by atoms with Crippen molar-refractivity contribution in [1.29, 1.82) is 0 Å². The summed E-state index contributed by atoms with van der Waals surface area (Å²) in [6, 6.07) is 0.106. The zero-order chi connectivity index (χ0) is 13.2. The van der Waals surface area contributed by atoms with E-state index in [2.05, 4.69) is 5.32 Å².